The fourth-order valence-electron chi connectivity index (χ4n) is 0.872. The van der Waals surface area contributed by atoms with Crippen molar-refractivity contribution in [3.05, 3.63) is 23.8 Å². The Morgan fingerprint density at radius 1 is 1.70 bits per heavy atom. The molecule has 58 valence electrons. The Morgan fingerprint density at radius 2 is 2.20 bits per heavy atom. The van der Waals surface area contributed by atoms with Crippen molar-refractivity contribution < 1.29 is 0 Å². The first kappa shape index (κ1) is 9.44. The lowest BCUT2D eigenvalue weighted by Gasteiger charge is -2.07. The zero-order valence-electron chi connectivity index (χ0n) is 7.15. The van der Waals surface area contributed by atoms with E-state index >= 15 is 0 Å². The minimum Gasteiger partial charge on any atom is -0.324 e. The highest BCUT2D eigenvalue weighted by Gasteiger charge is 1.98. The lowest BCUT2D eigenvalue weighted by molar-refractivity contribution is 0.812. The molecule has 0 heterocycles. The molecule has 0 aliphatic carbocycles. The monoisotopic (exact) mass is 139 g/mol. The summed E-state index contributed by atoms with van der Waals surface area (Å²) < 4.78 is 0. The van der Waals surface area contributed by atoms with Crippen molar-refractivity contribution in [3.63, 3.8) is 0 Å². The van der Waals surface area contributed by atoms with Gasteiger partial charge in [-0.1, -0.05) is 30.7 Å². The maximum Gasteiger partial charge on any atom is 0.0227 e. The maximum absolute atomic E-state index is 5.69. The van der Waals surface area contributed by atoms with Gasteiger partial charge in [-0.25, -0.2) is 0 Å². The van der Waals surface area contributed by atoms with Crippen molar-refractivity contribution in [3.8, 4) is 0 Å². The minimum atomic E-state index is 0.168. The van der Waals surface area contributed by atoms with Gasteiger partial charge >= 0.3 is 0 Å². The predicted molar refractivity (Wildman–Crippen MR) is 46.8 cm³/mol. The molecule has 1 atom stereocenters. The number of nitrogens with two attached hydrogens (primary N) is 1. The van der Waals surface area contributed by atoms with Crippen LogP contribution in [-0.2, 0) is 0 Å². The van der Waals surface area contributed by atoms with Gasteiger partial charge in [0.15, 0.2) is 0 Å². The van der Waals surface area contributed by atoms with E-state index in [1.54, 1.807) is 0 Å². The SMILES string of the molecule is C=C(C)/C=C(\CC)C(C)N. The second-order valence-corrected chi connectivity index (χ2v) is 2.71. The van der Waals surface area contributed by atoms with E-state index in [1.807, 2.05) is 13.8 Å². The summed E-state index contributed by atoms with van der Waals surface area (Å²) in [5, 5.41) is 0. The normalized spacial score (nSPS) is 15.0. The summed E-state index contributed by atoms with van der Waals surface area (Å²) in [5.41, 5.74) is 8.03. The molecule has 0 fully saturated rings. The van der Waals surface area contributed by atoms with Gasteiger partial charge in [-0.15, -0.1) is 0 Å². The van der Waals surface area contributed by atoms with Crippen LogP contribution in [0.5, 0.6) is 0 Å². The number of hydrogen-bond acceptors (Lipinski definition) is 1. The summed E-state index contributed by atoms with van der Waals surface area (Å²) in [5.74, 6) is 0. The lowest BCUT2D eigenvalue weighted by atomic mass is 10.0. The first-order valence-corrected chi connectivity index (χ1v) is 3.69. The summed E-state index contributed by atoms with van der Waals surface area (Å²) in [6, 6.07) is 0.168. The van der Waals surface area contributed by atoms with E-state index in [2.05, 4.69) is 19.6 Å². The molecule has 2 N–H and O–H groups in total. The highest BCUT2D eigenvalue weighted by Crippen LogP contribution is 2.07. The van der Waals surface area contributed by atoms with Crippen LogP contribution in [0, 0.1) is 0 Å². The molecular formula is C9H17N. The van der Waals surface area contributed by atoms with Crippen LogP contribution in [0.25, 0.3) is 0 Å². The molecule has 0 saturated heterocycles. The second-order valence-electron chi connectivity index (χ2n) is 2.71. The van der Waals surface area contributed by atoms with Crippen molar-refractivity contribution in [2.45, 2.75) is 33.2 Å². The van der Waals surface area contributed by atoms with Crippen LogP contribution in [0.15, 0.2) is 23.8 Å². The first-order chi connectivity index (χ1) is 4.57. The molecule has 10 heavy (non-hydrogen) atoms. The van der Waals surface area contributed by atoms with Crippen LogP contribution in [0.2, 0.25) is 0 Å². The van der Waals surface area contributed by atoms with Crippen molar-refractivity contribution >= 4 is 0 Å². The largest absolute Gasteiger partial charge is 0.324 e. The summed E-state index contributed by atoms with van der Waals surface area (Å²) >= 11 is 0. The molecular weight excluding hydrogens is 122 g/mol. The molecule has 0 aliphatic heterocycles. The van der Waals surface area contributed by atoms with E-state index in [0.717, 1.165) is 12.0 Å². The van der Waals surface area contributed by atoms with Gasteiger partial charge in [-0.3, -0.25) is 0 Å². The van der Waals surface area contributed by atoms with Crippen molar-refractivity contribution in [2.75, 3.05) is 0 Å². The van der Waals surface area contributed by atoms with Crippen LogP contribution in [-0.4, -0.2) is 6.04 Å². The van der Waals surface area contributed by atoms with Crippen LogP contribution >= 0.6 is 0 Å². The van der Waals surface area contributed by atoms with Gasteiger partial charge < -0.3 is 5.73 Å². The van der Waals surface area contributed by atoms with Crippen molar-refractivity contribution in [1.29, 1.82) is 0 Å². The Kier molecular flexibility index (Phi) is 4.05. The molecule has 1 unspecified atom stereocenters. The quantitative estimate of drug-likeness (QED) is 0.596. The van der Waals surface area contributed by atoms with Gasteiger partial charge in [0.05, 0.1) is 0 Å². The Bertz CT molecular complexity index is 143. The molecule has 1 nitrogen and oxygen atoms in total. The third-order valence-corrected chi connectivity index (χ3v) is 1.42. The van der Waals surface area contributed by atoms with E-state index < -0.39 is 0 Å². The summed E-state index contributed by atoms with van der Waals surface area (Å²) in [6.07, 6.45) is 3.08. The van der Waals surface area contributed by atoms with Gasteiger partial charge in [-0.2, -0.15) is 0 Å². The molecule has 0 bridgehead atoms. The summed E-state index contributed by atoms with van der Waals surface area (Å²) in [7, 11) is 0. The molecule has 0 aromatic heterocycles. The average molecular weight is 139 g/mol. The molecule has 0 saturated carbocycles. The van der Waals surface area contributed by atoms with E-state index in [1.165, 1.54) is 5.57 Å². The lowest BCUT2D eigenvalue weighted by Crippen LogP contribution is -2.17. The predicted octanol–water partition coefficient (Wildman–Crippen LogP) is 2.25. The number of rotatable bonds is 3. The van der Waals surface area contributed by atoms with E-state index in [-0.39, 0.29) is 6.04 Å². The first-order valence-electron chi connectivity index (χ1n) is 3.69. The standard InChI is InChI=1S/C9H17N/c1-5-9(8(4)10)6-7(2)3/h6,8H,2,5,10H2,1,3-4H3/b9-6+. The summed E-state index contributed by atoms with van der Waals surface area (Å²) in [4.78, 5) is 0. The number of allylic oxidation sites excluding steroid dienone is 2. The Labute approximate surface area is 63.6 Å². The summed E-state index contributed by atoms with van der Waals surface area (Å²) in [6.45, 7) is 9.89. The molecule has 0 radical (unpaired) electrons. The molecule has 0 spiro atoms. The molecule has 0 aromatic carbocycles. The van der Waals surface area contributed by atoms with E-state index in [0.29, 0.717) is 0 Å². The fourth-order valence-corrected chi connectivity index (χ4v) is 0.872. The van der Waals surface area contributed by atoms with Gasteiger partial charge in [0, 0.05) is 6.04 Å². The van der Waals surface area contributed by atoms with Crippen LogP contribution in [0.3, 0.4) is 0 Å². The molecule has 0 aliphatic rings. The Hall–Kier alpha value is -0.560. The highest BCUT2D eigenvalue weighted by atomic mass is 14.6. The Balaban J connectivity index is 4.18. The molecule has 0 amide bonds. The average Bonchev–Trinajstić information content (AvgIpc) is 1.81. The molecule has 0 rings (SSSR count). The van der Waals surface area contributed by atoms with Crippen molar-refractivity contribution in [1.82, 2.24) is 0 Å². The third kappa shape index (κ3) is 3.46. The smallest absolute Gasteiger partial charge is 0.0227 e. The third-order valence-electron chi connectivity index (χ3n) is 1.42. The van der Waals surface area contributed by atoms with Crippen molar-refractivity contribution in [2.24, 2.45) is 5.73 Å². The second kappa shape index (κ2) is 4.29. The van der Waals surface area contributed by atoms with E-state index in [4.69, 9.17) is 5.73 Å². The molecule has 0 aromatic rings. The highest BCUT2D eigenvalue weighted by molar-refractivity contribution is 5.21. The van der Waals surface area contributed by atoms with Crippen LogP contribution < -0.4 is 5.73 Å². The van der Waals surface area contributed by atoms with Gasteiger partial charge in [-0.05, 0) is 20.3 Å². The van der Waals surface area contributed by atoms with E-state index in [9.17, 15) is 0 Å². The fraction of sp³-hybridized carbons (Fsp3) is 0.556. The van der Waals surface area contributed by atoms with Gasteiger partial charge in [0.2, 0.25) is 0 Å². The zero-order chi connectivity index (χ0) is 8.15. The molecule has 1 heteroatoms. The Morgan fingerprint density at radius 3 is 2.30 bits per heavy atom. The minimum absolute atomic E-state index is 0.168. The van der Waals surface area contributed by atoms with Crippen LogP contribution in [0.1, 0.15) is 27.2 Å². The maximum atomic E-state index is 5.69. The topological polar surface area (TPSA) is 26.0 Å². The zero-order valence-corrected chi connectivity index (χ0v) is 7.15. The number of hydrogen-bond donors (Lipinski definition) is 1. The van der Waals surface area contributed by atoms with Gasteiger partial charge in [0.1, 0.15) is 0 Å². The van der Waals surface area contributed by atoms with Crippen LogP contribution in [0.4, 0.5) is 0 Å². The van der Waals surface area contributed by atoms with Gasteiger partial charge in [0.25, 0.3) is 0 Å².